The number of halogens is 1. The van der Waals surface area contributed by atoms with Gasteiger partial charge < -0.3 is 10.1 Å². The molecule has 6 nitrogen and oxygen atoms in total. The van der Waals surface area contributed by atoms with Gasteiger partial charge in [0.15, 0.2) is 0 Å². The van der Waals surface area contributed by atoms with Crippen LogP contribution in [-0.4, -0.2) is 29.2 Å². The maximum Gasteiger partial charge on any atom is 0.311 e. The summed E-state index contributed by atoms with van der Waals surface area (Å²) in [7, 11) is 0. The number of hydrogen-bond acceptors (Lipinski definition) is 5. The molecule has 3 rings (SSSR count). The van der Waals surface area contributed by atoms with Crippen LogP contribution in [0.15, 0.2) is 28.9 Å². The molecule has 21 heavy (non-hydrogen) atoms. The average Bonchev–Trinajstić information content (AvgIpc) is 2.97. The number of anilines is 1. The Bertz CT molecular complexity index is 686. The van der Waals surface area contributed by atoms with Crippen LogP contribution in [0.1, 0.15) is 12.8 Å². The molecule has 7 heteroatoms. The molecule has 0 spiro atoms. The van der Waals surface area contributed by atoms with E-state index in [0.29, 0.717) is 12.2 Å². The minimum atomic E-state index is -0.412. The van der Waals surface area contributed by atoms with E-state index in [1.165, 1.54) is 6.20 Å². The monoisotopic (exact) mass is 351 g/mol. The second-order valence-electron chi connectivity index (χ2n) is 4.95. The third-order valence-corrected chi connectivity index (χ3v) is 4.03. The summed E-state index contributed by atoms with van der Waals surface area (Å²) in [5, 5.41) is 15.1. The van der Waals surface area contributed by atoms with Crippen LogP contribution in [0, 0.1) is 10.1 Å². The number of benzene rings is 1. The Morgan fingerprint density at radius 3 is 3.10 bits per heavy atom. The maximum atomic E-state index is 11.2. The first-order valence-electron chi connectivity index (χ1n) is 6.73. The van der Waals surface area contributed by atoms with E-state index >= 15 is 0 Å². The van der Waals surface area contributed by atoms with E-state index in [9.17, 15) is 10.1 Å². The standard InChI is InChI=1S/C14H14BrN3O3/c15-9-3-4-12-11(6-9)14(13(8-16-12)18(19)20)17-7-10-2-1-5-21-10/h3-4,6,8,10H,1-2,5,7H2,(H,16,17)/t10-/m1/s1. The first-order chi connectivity index (χ1) is 10.1. The number of nitrogens with one attached hydrogen (secondary N) is 1. The van der Waals surface area contributed by atoms with Crippen LogP contribution in [0.25, 0.3) is 10.9 Å². The number of rotatable bonds is 4. The topological polar surface area (TPSA) is 77.3 Å². The molecule has 1 saturated heterocycles. The van der Waals surface area contributed by atoms with E-state index < -0.39 is 4.92 Å². The summed E-state index contributed by atoms with van der Waals surface area (Å²) in [4.78, 5) is 15.0. The van der Waals surface area contributed by atoms with Crippen LogP contribution >= 0.6 is 15.9 Å². The molecule has 1 N–H and O–H groups in total. The van der Waals surface area contributed by atoms with Gasteiger partial charge in [0.25, 0.3) is 0 Å². The third-order valence-electron chi connectivity index (χ3n) is 3.54. The largest absolute Gasteiger partial charge is 0.376 e. The Balaban J connectivity index is 2.00. The Labute approximate surface area is 129 Å². The quantitative estimate of drug-likeness (QED) is 0.673. The zero-order valence-corrected chi connectivity index (χ0v) is 12.8. The highest BCUT2D eigenvalue weighted by atomic mass is 79.9. The van der Waals surface area contributed by atoms with Gasteiger partial charge in [-0.1, -0.05) is 15.9 Å². The molecule has 1 fully saturated rings. The van der Waals surface area contributed by atoms with Crippen molar-refractivity contribution in [3.8, 4) is 0 Å². The van der Waals surface area contributed by atoms with Crippen LogP contribution in [0.3, 0.4) is 0 Å². The van der Waals surface area contributed by atoms with Crippen molar-refractivity contribution < 1.29 is 9.66 Å². The van der Waals surface area contributed by atoms with Crippen molar-refractivity contribution in [2.75, 3.05) is 18.5 Å². The molecule has 110 valence electrons. The lowest BCUT2D eigenvalue weighted by Gasteiger charge is -2.14. The lowest BCUT2D eigenvalue weighted by Crippen LogP contribution is -2.19. The fourth-order valence-corrected chi connectivity index (χ4v) is 2.86. The molecule has 1 aromatic carbocycles. The normalized spacial score (nSPS) is 18.0. The van der Waals surface area contributed by atoms with Crippen molar-refractivity contribution in [2.24, 2.45) is 0 Å². The molecule has 2 aromatic rings. The molecule has 1 aromatic heterocycles. The van der Waals surface area contributed by atoms with Crippen LogP contribution < -0.4 is 5.32 Å². The van der Waals surface area contributed by atoms with Gasteiger partial charge in [0.1, 0.15) is 11.9 Å². The lowest BCUT2D eigenvalue weighted by molar-refractivity contribution is -0.384. The summed E-state index contributed by atoms with van der Waals surface area (Å²) >= 11 is 3.40. The van der Waals surface area contributed by atoms with Gasteiger partial charge in [0, 0.05) is 23.0 Å². The molecular formula is C14H14BrN3O3. The van der Waals surface area contributed by atoms with Gasteiger partial charge in [-0.05, 0) is 31.0 Å². The molecule has 0 bridgehead atoms. The van der Waals surface area contributed by atoms with Crippen molar-refractivity contribution in [1.29, 1.82) is 0 Å². The highest BCUT2D eigenvalue weighted by Gasteiger charge is 2.21. The van der Waals surface area contributed by atoms with Gasteiger partial charge in [-0.3, -0.25) is 10.1 Å². The molecular weight excluding hydrogens is 338 g/mol. The average molecular weight is 352 g/mol. The van der Waals surface area contributed by atoms with Gasteiger partial charge in [-0.2, -0.15) is 0 Å². The highest BCUT2D eigenvalue weighted by molar-refractivity contribution is 9.10. The zero-order chi connectivity index (χ0) is 14.8. The predicted octanol–water partition coefficient (Wildman–Crippen LogP) is 3.50. The fraction of sp³-hybridized carbons (Fsp3) is 0.357. The van der Waals surface area contributed by atoms with E-state index in [1.807, 2.05) is 18.2 Å². The molecule has 0 radical (unpaired) electrons. The Kier molecular flexibility index (Phi) is 4.03. The third kappa shape index (κ3) is 2.98. The highest BCUT2D eigenvalue weighted by Crippen LogP contribution is 2.33. The predicted molar refractivity (Wildman–Crippen MR) is 83.6 cm³/mol. The SMILES string of the molecule is O=[N+]([O-])c1cnc2ccc(Br)cc2c1NC[C@H]1CCCO1. The number of pyridine rings is 1. The molecule has 1 aliphatic rings. The minimum Gasteiger partial charge on any atom is -0.376 e. The second-order valence-corrected chi connectivity index (χ2v) is 5.87. The van der Waals surface area contributed by atoms with Crippen molar-refractivity contribution in [3.05, 3.63) is 39.0 Å². The van der Waals surface area contributed by atoms with Crippen molar-refractivity contribution in [1.82, 2.24) is 4.98 Å². The molecule has 0 unspecified atom stereocenters. The summed E-state index contributed by atoms with van der Waals surface area (Å²) < 4.78 is 6.41. The maximum absolute atomic E-state index is 11.2. The second kappa shape index (κ2) is 5.95. The lowest BCUT2D eigenvalue weighted by atomic mass is 10.1. The molecule has 1 aliphatic heterocycles. The summed E-state index contributed by atoms with van der Waals surface area (Å²) in [6, 6.07) is 5.54. The van der Waals surface area contributed by atoms with Crippen LogP contribution in [0.4, 0.5) is 11.4 Å². The first kappa shape index (κ1) is 14.2. The first-order valence-corrected chi connectivity index (χ1v) is 7.52. The van der Waals surface area contributed by atoms with Crippen LogP contribution in [0.2, 0.25) is 0 Å². The van der Waals surface area contributed by atoms with E-state index in [-0.39, 0.29) is 11.8 Å². The number of fused-ring (bicyclic) bond motifs is 1. The molecule has 0 amide bonds. The molecule has 1 atom stereocenters. The molecule has 2 heterocycles. The molecule has 0 aliphatic carbocycles. The summed E-state index contributed by atoms with van der Waals surface area (Å²) in [6.07, 6.45) is 3.43. The van der Waals surface area contributed by atoms with Gasteiger partial charge in [0.05, 0.1) is 16.5 Å². The number of ether oxygens (including phenoxy) is 1. The minimum absolute atomic E-state index is 0.0152. The van der Waals surface area contributed by atoms with Crippen LogP contribution in [-0.2, 0) is 4.74 Å². The van der Waals surface area contributed by atoms with E-state index in [1.54, 1.807) is 0 Å². The Morgan fingerprint density at radius 1 is 1.52 bits per heavy atom. The van der Waals surface area contributed by atoms with Crippen molar-refractivity contribution in [2.45, 2.75) is 18.9 Å². The van der Waals surface area contributed by atoms with Gasteiger partial charge >= 0.3 is 5.69 Å². The smallest absolute Gasteiger partial charge is 0.311 e. The van der Waals surface area contributed by atoms with Gasteiger partial charge in [-0.25, -0.2) is 4.98 Å². The number of nitrogens with zero attached hydrogens (tertiary/aromatic N) is 2. The summed E-state index contributed by atoms with van der Waals surface area (Å²) in [6.45, 7) is 1.32. The number of aromatic nitrogens is 1. The Morgan fingerprint density at radius 2 is 2.38 bits per heavy atom. The fourth-order valence-electron chi connectivity index (χ4n) is 2.50. The molecule has 0 saturated carbocycles. The van der Waals surface area contributed by atoms with E-state index in [4.69, 9.17) is 4.74 Å². The zero-order valence-electron chi connectivity index (χ0n) is 11.2. The van der Waals surface area contributed by atoms with E-state index in [2.05, 4.69) is 26.2 Å². The number of nitro groups is 1. The summed E-state index contributed by atoms with van der Waals surface area (Å²) in [5.41, 5.74) is 1.21. The van der Waals surface area contributed by atoms with Crippen LogP contribution in [0.5, 0.6) is 0 Å². The van der Waals surface area contributed by atoms with Crippen molar-refractivity contribution in [3.63, 3.8) is 0 Å². The van der Waals surface area contributed by atoms with Crippen molar-refractivity contribution >= 4 is 38.2 Å². The van der Waals surface area contributed by atoms with Gasteiger partial charge in [-0.15, -0.1) is 0 Å². The number of hydrogen-bond donors (Lipinski definition) is 1. The van der Waals surface area contributed by atoms with Gasteiger partial charge in [0.2, 0.25) is 0 Å². The Hall–Kier alpha value is -1.73. The van der Waals surface area contributed by atoms with E-state index in [0.717, 1.165) is 34.8 Å². The summed E-state index contributed by atoms with van der Waals surface area (Å²) in [5.74, 6) is 0.